The van der Waals surface area contributed by atoms with Crippen LogP contribution in [0, 0.1) is 0 Å². The average molecular weight is 263 g/mol. The number of hydrogen-bond acceptors (Lipinski definition) is 1. The van der Waals surface area contributed by atoms with Crippen LogP contribution in [0.2, 0.25) is 0 Å². The Labute approximate surface area is 121 Å². The second kappa shape index (κ2) is 6.06. The fourth-order valence-electron chi connectivity index (χ4n) is 3.02. The van der Waals surface area contributed by atoms with E-state index in [9.17, 15) is 0 Å². The molecule has 0 bridgehead atoms. The molecule has 0 amide bonds. The Morgan fingerprint density at radius 1 is 1.15 bits per heavy atom. The molecule has 102 valence electrons. The summed E-state index contributed by atoms with van der Waals surface area (Å²) in [6, 6.07) is 18.0. The van der Waals surface area contributed by atoms with E-state index < -0.39 is 0 Å². The van der Waals surface area contributed by atoms with Gasteiger partial charge < -0.3 is 5.32 Å². The lowest BCUT2D eigenvalue weighted by Gasteiger charge is -2.12. The molecule has 0 saturated carbocycles. The molecule has 1 nitrogen and oxygen atoms in total. The normalized spacial score (nSPS) is 18.1. The topological polar surface area (TPSA) is 12.0 Å². The largest absolute Gasteiger partial charge is 0.314 e. The smallest absolute Gasteiger partial charge is 0.0108 e. The van der Waals surface area contributed by atoms with Gasteiger partial charge in [0, 0.05) is 6.04 Å². The minimum atomic E-state index is 0.653. The molecule has 1 fully saturated rings. The monoisotopic (exact) mass is 263 g/mol. The van der Waals surface area contributed by atoms with E-state index in [0.29, 0.717) is 6.04 Å². The lowest BCUT2D eigenvalue weighted by atomic mass is 9.96. The molecule has 1 heteroatoms. The van der Waals surface area contributed by atoms with Crippen LogP contribution in [0.25, 0.3) is 17.2 Å². The van der Waals surface area contributed by atoms with Gasteiger partial charge in [-0.1, -0.05) is 61.2 Å². The summed E-state index contributed by atoms with van der Waals surface area (Å²) < 4.78 is 0. The SMILES string of the molecule is C=Cc1ccccc1-c1cccc(CC2CCCN2)c1. The minimum absolute atomic E-state index is 0.653. The first-order valence-electron chi connectivity index (χ1n) is 7.41. The van der Waals surface area contributed by atoms with E-state index in [1.807, 2.05) is 6.08 Å². The third-order valence-electron chi connectivity index (χ3n) is 4.06. The van der Waals surface area contributed by atoms with E-state index >= 15 is 0 Å². The van der Waals surface area contributed by atoms with Gasteiger partial charge in [-0.25, -0.2) is 0 Å². The molecule has 0 radical (unpaired) electrons. The molecule has 1 atom stereocenters. The first-order valence-corrected chi connectivity index (χ1v) is 7.41. The first-order chi connectivity index (χ1) is 9.86. The van der Waals surface area contributed by atoms with Gasteiger partial charge in [-0.2, -0.15) is 0 Å². The average Bonchev–Trinajstić information content (AvgIpc) is 3.00. The van der Waals surface area contributed by atoms with Gasteiger partial charge in [-0.3, -0.25) is 0 Å². The molecule has 1 N–H and O–H groups in total. The maximum atomic E-state index is 3.91. The maximum absolute atomic E-state index is 3.91. The van der Waals surface area contributed by atoms with Gasteiger partial charge in [-0.05, 0) is 48.1 Å². The lowest BCUT2D eigenvalue weighted by Crippen LogP contribution is -2.23. The van der Waals surface area contributed by atoms with Gasteiger partial charge in [0.1, 0.15) is 0 Å². The van der Waals surface area contributed by atoms with Crippen molar-refractivity contribution in [3.05, 3.63) is 66.2 Å². The van der Waals surface area contributed by atoms with Crippen LogP contribution >= 0.6 is 0 Å². The van der Waals surface area contributed by atoms with Gasteiger partial charge in [0.15, 0.2) is 0 Å². The first kappa shape index (κ1) is 13.1. The molecule has 0 aromatic heterocycles. The van der Waals surface area contributed by atoms with Crippen LogP contribution in [-0.2, 0) is 6.42 Å². The highest BCUT2D eigenvalue weighted by Gasteiger charge is 2.14. The van der Waals surface area contributed by atoms with Crippen molar-refractivity contribution in [3.8, 4) is 11.1 Å². The van der Waals surface area contributed by atoms with Crippen molar-refractivity contribution >= 4 is 6.08 Å². The Kier molecular flexibility index (Phi) is 3.98. The molecule has 1 aliphatic heterocycles. The van der Waals surface area contributed by atoms with Crippen LogP contribution in [-0.4, -0.2) is 12.6 Å². The molecule has 20 heavy (non-hydrogen) atoms. The quantitative estimate of drug-likeness (QED) is 0.867. The van der Waals surface area contributed by atoms with Gasteiger partial charge in [0.25, 0.3) is 0 Å². The Morgan fingerprint density at radius 3 is 2.85 bits per heavy atom. The molecule has 1 saturated heterocycles. The Balaban J connectivity index is 1.88. The van der Waals surface area contributed by atoms with Crippen LogP contribution in [0.3, 0.4) is 0 Å². The molecular formula is C19H21N. The van der Waals surface area contributed by atoms with Crippen LogP contribution in [0.4, 0.5) is 0 Å². The van der Waals surface area contributed by atoms with Crippen LogP contribution < -0.4 is 5.32 Å². The van der Waals surface area contributed by atoms with Crippen molar-refractivity contribution in [2.24, 2.45) is 0 Å². The third-order valence-corrected chi connectivity index (χ3v) is 4.06. The number of nitrogens with one attached hydrogen (secondary N) is 1. The summed E-state index contributed by atoms with van der Waals surface area (Å²) in [5.41, 5.74) is 5.17. The molecule has 1 unspecified atom stereocenters. The Morgan fingerprint density at radius 2 is 2.05 bits per heavy atom. The fraction of sp³-hybridized carbons (Fsp3) is 0.263. The van der Waals surface area contributed by atoms with Crippen molar-refractivity contribution in [3.63, 3.8) is 0 Å². The number of rotatable bonds is 4. The zero-order valence-electron chi connectivity index (χ0n) is 11.8. The summed E-state index contributed by atoms with van der Waals surface area (Å²) in [6.07, 6.45) is 5.67. The molecule has 0 spiro atoms. The number of hydrogen-bond donors (Lipinski definition) is 1. The minimum Gasteiger partial charge on any atom is -0.314 e. The summed E-state index contributed by atoms with van der Waals surface area (Å²) >= 11 is 0. The summed E-state index contributed by atoms with van der Waals surface area (Å²) in [4.78, 5) is 0. The standard InChI is InChI=1S/C19H21N/c1-2-16-8-3-4-11-19(16)17-9-5-7-15(13-17)14-18-10-6-12-20-18/h2-5,7-9,11,13,18,20H,1,6,10,12,14H2. The highest BCUT2D eigenvalue weighted by atomic mass is 14.9. The maximum Gasteiger partial charge on any atom is 0.0108 e. The zero-order chi connectivity index (χ0) is 13.8. The van der Waals surface area contributed by atoms with Gasteiger partial charge >= 0.3 is 0 Å². The molecular weight excluding hydrogens is 242 g/mol. The molecule has 1 aliphatic rings. The van der Waals surface area contributed by atoms with E-state index in [1.54, 1.807) is 0 Å². The van der Waals surface area contributed by atoms with E-state index in [2.05, 4.69) is 60.4 Å². The lowest BCUT2D eigenvalue weighted by molar-refractivity contribution is 0.603. The Hall–Kier alpha value is -1.86. The molecule has 2 aromatic rings. The van der Waals surface area contributed by atoms with Crippen LogP contribution in [0.15, 0.2) is 55.1 Å². The molecule has 1 heterocycles. The van der Waals surface area contributed by atoms with Gasteiger partial charge in [0.2, 0.25) is 0 Å². The number of benzene rings is 2. The molecule has 0 aliphatic carbocycles. The second-order valence-electron chi connectivity index (χ2n) is 5.49. The van der Waals surface area contributed by atoms with Crippen molar-refractivity contribution in [2.75, 3.05) is 6.54 Å². The van der Waals surface area contributed by atoms with Crippen molar-refractivity contribution in [1.82, 2.24) is 5.32 Å². The highest BCUT2D eigenvalue weighted by Crippen LogP contribution is 2.26. The zero-order valence-corrected chi connectivity index (χ0v) is 11.8. The highest BCUT2D eigenvalue weighted by molar-refractivity contribution is 5.75. The van der Waals surface area contributed by atoms with E-state index in [1.165, 1.54) is 41.6 Å². The van der Waals surface area contributed by atoms with E-state index in [4.69, 9.17) is 0 Å². The van der Waals surface area contributed by atoms with Crippen molar-refractivity contribution < 1.29 is 0 Å². The summed E-state index contributed by atoms with van der Waals surface area (Å²) in [5.74, 6) is 0. The van der Waals surface area contributed by atoms with Gasteiger partial charge in [0.05, 0.1) is 0 Å². The summed E-state index contributed by atoms with van der Waals surface area (Å²) in [5, 5.41) is 3.57. The van der Waals surface area contributed by atoms with Crippen molar-refractivity contribution in [2.45, 2.75) is 25.3 Å². The van der Waals surface area contributed by atoms with Crippen LogP contribution in [0.1, 0.15) is 24.0 Å². The third kappa shape index (κ3) is 2.83. The predicted molar refractivity (Wildman–Crippen MR) is 86.7 cm³/mol. The Bertz CT molecular complexity index is 594. The summed E-state index contributed by atoms with van der Waals surface area (Å²) in [6.45, 7) is 5.08. The van der Waals surface area contributed by atoms with Gasteiger partial charge in [-0.15, -0.1) is 0 Å². The van der Waals surface area contributed by atoms with Crippen LogP contribution in [0.5, 0.6) is 0 Å². The molecule has 2 aromatic carbocycles. The second-order valence-corrected chi connectivity index (χ2v) is 5.49. The summed E-state index contributed by atoms with van der Waals surface area (Å²) in [7, 11) is 0. The fourth-order valence-corrected chi connectivity index (χ4v) is 3.02. The molecule has 3 rings (SSSR count). The van der Waals surface area contributed by atoms with E-state index in [-0.39, 0.29) is 0 Å². The van der Waals surface area contributed by atoms with E-state index in [0.717, 1.165) is 6.42 Å². The van der Waals surface area contributed by atoms with Crippen molar-refractivity contribution in [1.29, 1.82) is 0 Å². The predicted octanol–water partition coefficient (Wildman–Crippen LogP) is 4.29.